The van der Waals surface area contributed by atoms with Gasteiger partial charge in [0.1, 0.15) is 5.69 Å². The van der Waals surface area contributed by atoms with Crippen LogP contribution in [0.25, 0.3) is 11.3 Å². The van der Waals surface area contributed by atoms with Gasteiger partial charge in [0, 0.05) is 16.7 Å². The van der Waals surface area contributed by atoms with E-state index in [1.54, 1.807) is 24.3 Å². The Morgan fingerprint density at radius 1 is 1.27 bits per heavy atom. The standard InChI is InChI=1S/C11H8ClFN2/c12-8-3-1-2-7(4-8)11-10(13)5-9(14)6-15-11/h1-6H,14H2. The first-order valence-electron chi connectivity index (χ1n) is 4.34. The van der Waals surface area contributed by atoms with Gasteiger partial charge in [-0.2, -0.15) is 0 Å². The highest BCUT2D eigenvalue weighted by atomic mass is 35.5. The van der Waals surface area contributed by atoms with Gasteiger partial charge < -0.3 is 5.73 Å². The highest BCUT2D eigenvalue weighted by molar-refractivity contribution is 6.30. The number of hydrogen-bond acceptors (Lipinski definition) is 2. The lowest BCUT2D eigenvalue weighted by Gasteiger charge is -2.03. The lowest BCUT2D eigenvalue weighted by Crippen LogP contribution is -1.93. The first-order valence-corrected chi connectivity index (χ1v) is 4.71. The molecule has 2 nitrogen and oxygen atoms in total. The second-order valence-corrected chi connectivity index (χ2v) is 3.55. The number of nitrogen functional groups attached to an aromatic ring is 1. The second-order valence-electron chi connectivity index (χ2n) is 3.11. The molecule has 0 radical (unpaired) electrons. The molecular formula is C11H8ClFN2. The van der Waals surface area contributed by atoms with Crippen molar-refractivity contribution in [2.75, 3.05) is 5.73 Å². The zero-order valence-electron chi connectivity index (χ0n) is 7.74. The summed E-state index contributed by atoms with van der Waals surface area (Å²) in [5.74, 6) is -0.447. The molecule has 1 aromatic heterocycles. The molecule has 0 amide bonds. The predicted octanol–water partition coefficient (Wildman–Crippen LogP) is 3.12. The summed E-state index contributed by atoms with van der Waals surface area (Å²) in [6, 6.07) is 8.11. The summed E-state index contributed by atoms with van der Waals surface area (Å²) in [6.45, 7) is 0. The minimum Gasteiger partial charge on any atom is -0.397 e. The van der Waals surface area contributed by atoms with Gasteiger partial charge in [-0.3, -0.25) is 4.98 Å². The Bertz CT molecular complexity index is 500. The number of nitrogens with two attached hydrogens (primary N) is 1. The molecule has 4 heteroatoms. The molecule has 76 valence electrons. The molecule has 0 saturated heterocycles. The van der Waals surface area contributed by atoms with E-state index in [-0.39, 0.29) is 5.69 Å². The van der Waals surface area contributed by atoms with Gasteiger partial charge in [-0.05, 0) is 12.1 Å². The third kappa shape index (κ3) is 2.07. The Morgan fingerprint density at radius 2 is 2.07 bits per heavy atom. The quantitative estimate of drug-likeness (QED) is 0.805. The van der Waals surface area contributed by atoms with E-state index in [4.69, 9.17) is 17.3 Å². The van der Waals surface area contributed by atoms with Crippen molar-refractivity contribution in [3.63, 3.8) is 0 Å². The van der Waals surface area contributed by atoms with Crippen molar-refractivity contribution in [2.45, 2.75) is 0 Å². The Kier molecular flexibility index (Phi) is 2.56. The van der Waals surface area contributed by atoms with Crippen LogP contribution < -0.4 is 5.73 Å². The van der Waals surface area contributed by atoms with Crippen LogP contribution in [0.1, 0.15) is 0 Å². The summed E-state index contributed by atoms with van der Waals surface area (Å²) >= 11 is 5.80. The first kappa shape index (κ1) is 9.93. The number of pyridine rings is 1. The van der Waals surface area contributed by atoms with Crippen LogP contribution in [0, 0.1) is 5.82 Å². The number of anilines is 1. The van der Waals surface area contributed by atoms with Gasteiger partial charge in [0.15, 0.2) is 5.82 Å². The van der Waals surface area contributed by atoms with Crippen LogP contribution in [0.4, 0.5) is 10.1 Å². The van der Waals surface area contributed by atoms with Crippen molar-refractivity contribution < 1.29 is 4.39 Å². The average Bonchev–Trinajstić information content (AvgIpc) is 2.17. The fourth-order valence-corrected chi connectivity index (χ4v) is 1.49. The summed E-state index contributed by atoms with van der Waals surface area (Å²) in [6.07, 6.45) is 1.42. The number of rotatable bonds is 1. The molecule has 15 heavy (non-hydrogen) atoms. The fourth-order valence-electron chi connectivity index (χ4n) is 1.30. The van der Waals surface area contributed by atoms with Crippen LogP contribution >= 0.6 is 11.6 Å². The summed E-state index contributed by atoms with van der Waals surface area (Å²) in [5, 5.41) is 0.547. The SMILES string of the molecule is Nc1cnc(-c2cccc(Cl)c2)c(F)c1. The van der Waals surface area contributed by atoms with E-state index in [0.29, 0.717) is 16.3 Å². The smallest absolute Gasteiger partial charge is 0.151 e. The minimum atomic E-state index is -0.447. The molecule has 0 aliphatic carbocycles. The lowest BCUT2D eigenvalue weighted by atomic mass is 10.1. The number of aromatic nitrogens is 1. The Labute approximate surface area is 91.5 Å². The van der Waals surface area contributed by atoms with E-state index in [1.807, 2.05) is 0 Å². The zero-order valence-corrected chi connectivity index (χ0v) is 8.50. The van der Waals surface area contributed by atoms with E-state index in [0.717, 1.165) is 0 Å². The van der Waals surface area contributed by atoms with Crippen LogP contribution in [-0.2, 0) is 0 Å². The van der Waals surface area contributed by atoms with Crippen LogP contribution in [0.15, 0.2) is 36.5 Å². The third-order valence-electron chi connectivity index (χ3n) is 1.96. The van der Waals surface area contributed by atoms with Gasteiger partial charge in [0.05, 0.1) is 11.9 Å². The van der Waals surface area contributed by atoms with E-state index in [9.17, 15) is 4.39 Å². The second kappa shape index (κ2) is 3.87. The first-order chi connectivity index (χ1) is 7.16. The molecule has 0 spiro atoms. The van der Waals surface area contributed by atoms with Crippen molar-refractivity contribution in [2.24, 2.45) is 0 Å². The molecule has 2 N–H and O–H groups in total. The normalized spacial score (nSPS) is 10.3. The molecular weight excluding hydrogens is 215 g/mol. The zero-order chi connectivity index (χ0) is 10.8. The number of benzene rings is 1. The summed E-state index contributed by atoms with van der Waals surface area (Å²) in [7, 11) is 0. The molecule has 0 atom stereocenters. The lowest BCUT2D eigenvalue weighted by molar-refractivity contribution is 0.626. The summed E-state index contributed by atoms with van der Waals surface area (Å²) in [5.41, 5.74) is 6.61. The van der Waals surface area contributed by atoms with E-state index in [2.05, 4.69) is 4.98 Å². The molecule has 0 fully saturated rings. The maximum Gasteiger partial charge on any atom is 0.151 e. The van der Waals surface area contributed by atoms with E-state index in [1.165, 1.54) is 12.3 Å². The largest absolute Gasteiger partial charge is 0.397 e. The molecule has 1 aromatic carbocycles. The average molecular weight is 223 g/mol. The highest BCUT2D eigenvalue weighted by Crippen LogP contribution is 2.24. The molecule has 0 saturated carbocycles. The molecule has 2 rings (SSSR count). The van der Waals surface area contributed by atoms with Crippen molar-refractivity contribution in [1.82, 2.24) is 4.98 Å². The third-order valence-corrected chi connectivity index (χ3v) is 2.20. The number of nitrogens with zero attached hydrogens (tertiary/aromatic N) is 1. The van der Waals surface area contributed by atoms with Gasteiger partial charge in [-0.25, -0.2) is 4.39 Å². The fraction of sp³-hybridized carbons (Fsp3) is 0. The molecule has 0 bridgehead atoms. The van der Waals surface area contributed by atoms with Gasteiger partial charge in [0.2, 0.25) is 0 Å². The Morgan fingerprint density at radius 3 is 2.73 bits per heavy atom. The van der Waals surface area contributed by atoms with Crippen LogP contribution in [-0.4, -0.2) is 4.98 Å². The number of halogens is 2. The maximum atomic E-state index is 13.5. The van der Waals surface area contributed by atoms with Crippen LogP contribution in [0.3, 0.4) is 0 Å². The summed E-state index contributed by atoms with van der Waals surface area (Å²) in [4.78, 5) is 3.93. The Balaban J connectivity index is 2.54. The molecule has 1 heterocycles. The maximum absolute atomic E-state index is 13.5. The van der Waals surface area contributed by atoms with Crippen molar-refractivity contribution in [3.8, 4) is 11.3 Å². The van der Waals surface area contributed by atoms with Crippen LogP contribution in [0.5, 0.6) is 0 Å². The Hall–Kier alpha value is -1.61. The molecule has 2 aromatic rings. The molecule has 0 unspecified atom stereocenters. The molecule has 0 aliphatic rings. The topological polar surface area (TPSA) is 38.9 Å². The van der Waals surface area contributed by atoms with Gasteiger partial charge >= 0.3 is 0 Å². The van der Waals surface area contributed by atoms with Crippen molar-refractivity contribution in [3.05, 3.63) is 47.4 Å². The number of hydrogen-bond donors (Lipinski definition) is 1. The van der Waals surface area contributed by atoms with Crippen molar-refractivity contribution >= 4 is 17.3 Å². The van der Waals surface area contributed by atoms with Crippen molar-refractivity contribution in [1.29, 1.82) is 0 Å². The molecule has 0 aliphatic heterocycles. The van der Waals surface area contributed by atoms with Crippen LogP contribution in [0.2, 0.25) is 5.02 Å². The van der Waals surface area contributed by atoms with Gasteiger partial charge in [-0.15, -0.1) is 0 Å². The van der Waals surface area contributed by atoms with E-state index >= 15 is 0 Å². The van der Waals surface area contributed by atoms with E-state index < -0.39 is 5.82 Å². The highest BCUT2D eigenvalue weighted by Gasteiger charge is 2.06. The predicted molar refractivity (Wildman–Crippen MR) is 59.1 cm³/mol. The van der Waals surface area contributed by atoms with Gasteiger partial charge in [0.25, 0.3) is 0 Å². The minimum absolute atomic E-state index is 0.256. The van der Waals surface area contributed by atoms with Gasteiger partial charge in [-0.1, -0.05) is 23.7 Å². The monoisotopic (exact) mass is 222 g/mol. The summed E-state index contributed by atoms with van der Waals surface area (Å²) < 4.78 is 13.5.